The van der Waals surface area contributed by atoms with Crippen LogP contribution in [0, 0.1) is 35.3 Å². The molecule has 2 amide bonds. The molecule has 1 spiro atoms. The second-order valence-corrected chi connectivity index (χ2v) is 22.7. The first kappa shape index (κ1) is 52.0. The number of ether oxygens (including phenoxy) is 1. The number of aliphatic hydroxyl groups is 1. The van der Waals surface area contributed by atoms with E-state index in [9.17, 15) is 19.8 Å². The highest BCUT2D eigenvalue weighted by Gasteiger charge is 2.47. The van der Waals surface area contributed by atoms with Crippen molar-refractivity contribution in [2.24, 2.45) is 18.4 Å². The SMILES string of the molecule is C#Cc1c(F)ccc2cc(O)cc(-c3ncc4c(N5CC6CCC(C5)N6)nc(OCCN5CCC6(CC5)CN(c5cc([C@@H](C(=O)N7C[C@H](O)C[C@H]7C(=O)N[C@@H](C)c7ccc(-c8ccnn8C)cc7)C(C)C)on5)C6)nc4c3F)c12. The third kappa shape index (κ3) is 9.86. The van der Waals surface area contributed by atoms with Crippen LogP contribution in [-0.2, 0) is 16.6 Å². The van der Waals surface area contributed by atoms with Crippen LogP contribution < -0.4 is 25.2 Å². The summed E-state index contributed by atoms with van der Waals surface area (Å²) in [5.74, 6) is 0.956. The van der Waals surface area contributed by atoms with Gasteiger partial charge in [0.05, 0.1) is 28.8 Å². The molecule has 5 fully saturated rings. The van der Waals surface area contributed by atoms with E-state index in [1.165, 1.54) is 35.4 Å². The molecule has 2 bridgehead atoms. The molecule has 4 N–H and O–H groups in total. The standard InChI is InChI=1S/C59H64F2N12O6/c1-6-42-45(60)14-11-37-23-40(74)24-43(51(37)42)53-52(61)54-44(27-62-53)55(71-28-38-12-13-39(29-71)65-38)67-58(66-54)78-22-21-70-19-16-59(17-20-70)31-72(32-59)49-26-48(79-68-49)50(33(2)3)57(77)73-30-41(75)25-47(73)56(76)64-34(4)35-7-9-36(10-8-35)46-15-18-63-69(46)5/h1,7-11,14-15,18,23-24,26-27,33-34,38-39,41,47,50,65,74-75H,12-13,16-17,19-22,25,28-32H2,2-5H3,(H,64,76)/t34-,38?,39?,41+,47-,50-/m0/s1. The van der Waals surface area contributed by atoms with Crippen LogP contribution in [0.4, 0.5) is 20.4 Å². The number of fused-ring (bicyclic) bond motifs is 4. The van der Waals surface area contributed by atoms with Gasteiger partial charge in [0.1, 0.15) is 47.2 Å². The molecule has 7 aromatic rings. The molecule has 0 saturated carbocycles. The van der Waals surface area contributed by atoms with Gasteiger partial charge in [0.25, 0.3) is 0 Å². The minimum atomic E-state index is -0.845. The number of terminal acetylenes is 1. The Morgan fingerprint density at radius 1 is 0.987 bits per heavy atom. The van der Waals surface area contributed by atoms with Gasteiger partial charge in [-0.1, -0.05) is 55.3 Å². The summed E-state index contributed by atoms with van der Waals surface area (Å²) in [6.07, 6.45) is 12.3. The normalized spacial score (nSPS) is 21.7. The summed E-state index contributed by atoms with van der Waals surface area (Å²) in [6, 6.07) is 16.6. The number of piperidine rings is 1. The molecule has 410 valence electrons. The fourth-order valence-electron chi connectivity index (χ4n) is 12.8. The number of hydrogen-bond donors (Lipinski definition) is 4. The fourth-order valence-corrected chi connectivity index (χ4v) is 12.8. The molecule has 12 rings (SSSR count). The molecule has 3 aromatic carbocycles. The summed E-state index contributed by atoms with van der Waals surface area (Å²) in [4.78, 5) is 50.5. The molecule has 9 heterocycles. The predicted molar refractivity (Wildman–Crippen MR) is 293 cm³/mol. The number of nitrogens with one attached hydrogen (secondary N) is 2. The van der Waals surface area contributed by atoms with Gasteiger partial charge in [-0.05, 0) is 92.4 Å². The van der Waals surface area contributed by atoms with Gasteiger partial charge in [0, 0.05) is 99.6 Å². The van der Waals surface area contributed by atoms with Gasteiger partial charge in [0.15, 0.2) is 17.4 Å². The van der Waals surface area contributed by atoms with E-state index in [2.05, 4.69) is 51.5 Å². The maximum atomic E-state index is 17.1. The molecule has 5 aliphatic heterocycles. The maximum Gasteiger partial charge on any atom is 0.319 e. The first-order valence-electron chi connectivity index (χ1n) is 27.4. The minimum Gasteiger partial charge on any atom is -0.508 e. The molecule has 4 aromatic heterocycles. The largest absolute Gasteiger partial charge is 0.508 e. The second kappa shape index (κ2) is 20.8. The lowest BCUT2D eigenvalue weighted by Gasteiger charge is -2.54. The number of rotatable bonds is 14. The molecular weight excluding hydrogens is 1010 g/mol. The number of piperazine rings is 1. The molecular formula is C59H64F2N12O6. The Labute approximate surface area is 456 Å². The molecule has 5 aliphatic rings. The Hall–Kier alpha value is -7.73. The lowest BCUT2D eigenvalue weighted by atomic mass is 9.72. The number of benzene rings is 3. The van der Waals surface area contributed by atoms with Gasteiger partial charge in [-0.2, -0.15) is 15.1 Å². The molecule has 20 heteroatoms. The van der Waals surface area contributed by atoms with Crippen molar-refractivity contribution in [3.8, 4) is 46.6 Å². The fraction of sp³-hybridized carbons (Fsp3) is 0.441. The van der Waals surface area contributed by atoms with Gasteiger partial charge < -0.3 is 44.8 Å². The number of aryl methyl sites for hydroxylation is 1. The van der Waals surface area contributed by atoms with Gasteiger partial charge >= 0.3 is 6.01 Å². The Bertz CT molecular complexity index is 3500. The van der Waals surface area contributed by atoms with Crippen LogP contribution in [0.15, 0.2) is 77.6 Å². The van der Waals surface area contributed by atoms with Crippen LogP contribution in [-0.4, -0.2) is 145 Å². The number of nitrogens with zero attached hydrogens (tertiary/aromatic N) is 10. The Kier molecular flexibility index (Phi) is 13.7. The number of aromatic nitrogens is 6. The van der Waals surface area contributed by atoms with E-state index in [0.29, 0.717) is 47.8 Å². The highest BCUT2D eigenvalue weighted by atomic mass is 19.1. The van der Waals surface area contributed by atoms with Crippen LogP contribution in [0.1, 0.15) is 81.7 Å². The first-order valence-corrected chi connectivity index (χ1v) is 27.4. The van der Waals surface area contributed by atoms with E-state index in [1.807, 2.05) is 64.2 Å². The Morgan fingerprint density at radius 2 is 1.75 bits per heavy atom. The number of phenols is 1. The summed E-state index contributed by atoms with van der Waals surface area (Å²) in [5, 5.41) is 38.1. The number of likely N-dealkylation sites (tertiary alicyclic amines) is 2. The van der Waals surface area contributed by atoms with E-state index in [-0.39, 0.29) is 100 Å². The van der Waals surface area contributed by atoms with Crippen molar-refractivity contribution >= 4 is 45.1 Å². The van der Waals surface area contributed by atoms with Gasteiger partial charge in [-0.15, -0.1) is 6.42 Å². The highest BCUT2D eigenvalue weighted by Crippen LogP contribution is 2.44. The highest BCUT2D eigenvalue weighted by molar-refractivity contribution is 6.03. The first-order chi connectivity index (χ1) is 38.1. The predicted octanol–water partition coefficient (Wildman–Crippen LogP) is 6.70. The van der Waals surface area contributed by atoms with Gasteiger partial charge in [0.2, 0.25) is 11.8 Å². The summed E-state index contributed by atoms with van der Waals surface area (Å²) < 4.78 is 46.2. The van der Waals surface area contributed by atoms with Crippen LogP contribution >= 0.6 is 0 Å². The maximum absolute atomic E-state index is 17.1. The van der Waals surface area contributed by atoms with E-state index in [1.54, 1.807) is 10.9 Å². The molecule has 2 unspecified atom stereocenters. The summed E-state index contributed by atoms with van der Waals surface area (Å²) in [7, 11) is 1.89. The Morgan fingerprint density at radius 3 is 2.46 bits per heavy atom. The van der Waals surface area contributed by atoms with Crippen molar-refractivity contribution in [2.75, 3.05) is 68.8 Å². The van der Waals surface area contributed by atoms with Crippen LogP contribution in [0.3, 0.4) is 0 Å². The smallest absolute Gasteiger partial charge is 0.319 e. The zero-order valence-corrected chi connectivity index (χ0v) is 44.7. The van der Waals surface area contributed by atoms with E-state index >= 15 is 8.78 Å². The number of carbonyl (C=O) groups is 2. The van der Waals surface area contributed by atoms with E-state index < -0.39 is 29.7 Å². The lowest BCUT2D eigenvalue weighted by Crippen LogP contribution is -2.60. The number of pyridine rings is 1. The molecule has 79 heavy (non-hydrogen) atoms. The van der Waals surface area contributed by atoms with Crippen molar-refractivity contribution in [2.45, 2.75) is 89.1 Å². The van der Waals surface area contributed by atoms with Crippen LogP contribution in [0.2, 0.25) is 0 Å². The van der Waals surface area contributed by atoms with Crippen molar-refractivity contribution < 1.29 is 37.8 Å². The number of anilines is 2. The minimum absolute atomic E-state index is 0.00274. The van der Waals surface area contributed by atoms with E-state index in [0.717, 1.165) is 68.7 Å². The summed E-state index contributed by atoms with van der Waals surface area (Å²) >= 11 is 0. The van der Waals surface area contributed by atoms with Gasteiger partial charge in [-0.3, -0.25) is 24.2 Å². The topological polar surface area (TPSA) is 203 Å². The Balaban J connectivity index is 0.679. The van der Waals surface area contributed by atoms with Crippen molar-refractivity contribution in [1.82, 2.24) is 50.3 Å². The third-order valence-corrected chi connectivity index (χ3v) is 17.0. The third-order valence-electron chi connectivity index (χ3n) is 17.0. The number of phenolic OH excluding ortho intramolecular Hbond substituents is 1. The summed E-state index contributed by atoms with van der Waals surface area (Å²) in [6.45, 7) is 11.3. The van der Waals surface area contributed by atoms with Crippen LogP contribution in [0.25, 0.3) is 44.2 Å². The van der Waals surface area contributed by atoms with Gasteiger partial charge in [-0.25, -0.2) is 8.78 Å². The van der Waals surface area contributed by atoms with Crippen LogP contribution in [0.5, 0.6) is 11.8 Å². The zero-order chi connectivity index (χ0) is 54.9. The quantitative estimate of drug-likeness (QED) is 0.0838. The number of carbonyl (C=O) groups excluding carboxylic acids is 2. The zero-order valence-electron chi connectivity index (χ0n) is 44.7. The number of halogens is 2. The van der Waals surface area contributed by atoms with Crippen molar-refractivity contribution in [3.63, 3.8) is 0 Å². The number of aromatic hydroxyl groups is 1. The van der Waals surface area contributed by atoms with E-state index in [4.69, 9.17) is 20.7 Å². The average molecular weight is 1080 g/mol. The second-order valence-electron chi connectivity index (χ2n) is 22.7. The molecule has 6 atom stereocenters. The monoisotopic (exact) mass is 1070 g/mol. The number of aliphatic hydroxyl groups excluding tert-OH is 1. The number of β-amino-alcohol motifs (C(OH)–C–C–N with tert-alkyl or cyclic N) is 1. The van der Waals surface area contributed by atoms with Crippen molar-refractivity contribution in [1.29, 1.82) is 0 Å². The number of amides is 2. The van der Waals surface area contributed by atoms with Crippen molar-refractivity contribution in [3.05, 3.63) is 102 Å². The molecule has 5 saturated heterocycles. The molecule has 18 nitrogen and oxygen atoms in total. The number of hydrogen-bond acceptors (Lipinski definition) is 15. The average Bonchev–Trinajstić information content (AvgIpc) is 4.39. The molecule has 0 aliphatic carbocycles. The molecule has 0 radical (unpaired) electrons. The lowest BCUT2D eigenvalue weighted by molar-refractivity contribution is -0.141. The summed E-state index contributed by atoms with van der Waals surface area (Å²) in [5.41, 5.74) is 2.93.